The van der Waals surface area contributed by atoms with Crippen molar-refractivity contribution >= 4 is 26.8 Å². The van der Waals surface area contributed by atoms with Gasteiger partial charge >= 0.3 is 0 Å². The minimum Gasteiger partial charge on any atom is -0.349 e. The summed E-state index contributed by atoms with van der Waals surface area (Å²) in [5.41, 5.74) is 8.23. The molecule has 0 spiro atoms. The van der Waals surface area contributed by atoms with E-state index < -0.39 is 0 Å². The van der Waals surface area contributed by atoms with E-state index in [2.05, 4.69) is 58.9 Å². The Morgan fingerprint density at radius 3 is 2.88 bits per heavy atom. The van der Waals surface area contributed by atoms with Crippen LogP contribution in [0.1, 0.15) is 24.8 Å². The Hall–Kier alpha value is -0.800. The Kier molecular flexibility index (Phi) is 3.36. The van der Waals surface area contributed by atoms with E-state index in [-0.39, 0.29) is 0 Å². The van der Waals surface area contributed by atoms with Crippen LogP contribution in [0.3, 0.4) is 0 Å². The molecule has 2 rings (SSSR count). The van der Waals surface area contributed by atoms with E-state index in [1.54, 1.807) is 0 Å². The summed E-state index contributed by atoms with van der Waals surface area (Å²) in [5.74, 6) is 0.529. The van der Waals surface area contributed by atoms with Crippen LogP contribution in [-0.4, -0.2) is 11.1 Å². The highest BCUT2D eigenvalue weighted by Gasteiger charge is 2.09. The third kappa shape index (κ3) is 2.02. The maximum Gasteiger partial charge on any atom is 0.0489 e. The van der Waals surface area contributed by atoms with Crippen molar-refractivity contribution in [2.45, 2.75) is 19.3 Å². The number of hydrogen-bond donors (Lipinski definition) is 1. The van der Waals surface area contributed by atoms with E-state index in [1.807, 2.05) is 0 Å². The molecule has 0 aliphatic heterocycles. The minimum absolute atomic E-state index is 0.529. The van der Waals surface area contributed by atoms with Gasteiger partial charge in [0.15, 0.2) is 0 Å². The molecule has 0 saturated heterocycles. The Bertz CT molecular complexity index is 502. The van der Waals surface area contributed by atoms with Gasteiger partial charge in [-0.2, -0.15) is 0 Å². The zero-order chi connectivity index (χ0) is 11.7. The highest BCUT2D eigenvalue weighted by Crippen LogP contribution is 2.29. The lowest BCUT2D eigenvalue weighted by atomic mass is 9.97. The fraction of sp³-hybridized carbons (Fsp3) is 0.385. The molecule has 2 nitrogen and oxygen atoms in total. The molecule has 0 bridgehead atoms. The zero-order valence-corrected chi connectivity index (χ0v) is 11.3. The molecule has 16 heavy (non-hydrogen) atoms. The van der Waals surface area contributed by atoms with E-state index in [0.717, 1.165) is 17.4 Å². The summed E-state index contributed by atoms with van der Waals surface area (Å²) in [6.07, 6.45) is 3.14. The molecule has 86 valence electrons. The normalized spacial score (nSPS) is 13.2. The van der Waals surface area contributed by atoms with Crippen molar-refractivity contribution < 1.29 is 0 Å². The summed E-state index contributed by atoms with van der Waals surface area (Å²) in [5, 5.41) is 1.28. The van der Waals surface area contributed by atoms with Crippen molar-refractivity contribution in [3.05, 3.63) is 34.4 Å². The molecule has 2 aromatic rings. The Morgan fingerprint density at radius 2 is 2.19 bits per heavy atom. The minimum atomic E-state index is 0.529. The molecule has 1 aromatic heterocycles. The monoisotopic (exact) mass is 280 g/mol. The number of nitrogens with zero attached hydrogens (tertiary/aromatic N) is 1. The van der Waals surface area contributed by atoms with Crippen LogP contribution in [0.25, 0.3) is 10.9 Å². The standard InChI is InChI=1S/C13H17BrN2/c1-9(5-6-15)10-3-4-13-11(7-10)12(14)8-16(13)2/h3-4,7-9H,5-6,15H2,1-2H3. The Labute approximate surface area is 105 Å². The van der Waals surface area contributed by atoms with E-state index >= 15 is 0 Å². The van der Waals surface area contributed by atoms with Gasteiger partial charge in [0.1, 0.15) is 0 Å². The predicted octanol–water partition coefficient (Wildman–Crippen LogP) is 3.39. The molecule has 0 radical (unpaired) electrons. The number of halogens is 1. The first kappa shape index (κ1) is 11.7. The summed E-state index contributed by atoms with van der Waals surface area (Å²) in [7, 11) is 2.07. The average Bonchev–Trinajstić information content (AvgIpc) is 2.55. The number of aromatic nitrogens is 1. The van der Waals surface area contributed by atoms with Crippen molar-refractivity contribution in [1.29, 1.82) is 0 Å². The summed E-state index contributed by atoms with van der Waals surface area (Å²) < 4.78 is 3.29. The van der Waals surface area contributed by atoms with Gasteiger partial charge in [0.05, 0.1) is 0 Å². The summed E-state index contributed by atoms with van der Waals surface area (Å²) in [6, 6.07) is 6.65. The molecule has 0 saturated carbocycles. The molecule has 0 fully saturated rings. The first-order valence-corrected chi connectivity index (χ1v) is 6.37. The van der Waals surface area contributed by atoms with Gasteiger partial charge in [-0.1, -0.05) is 13.0 Å². The van der Waals surface area contributed by atoms with Gasteiger partial charge in [0.25, 0.3) is 0 Å². The van der Waals surface area contributed by atoms with Gasteiger partial charge in [-0.25, -0.2) is 0 Å². The maximum absolute atomic E-state index is 5.60. The van der Waals surface area contributed by atoms with Crippen LogP contribution < -0.4 is 5.73 Å². The van der Waals surface area contributed by atoms with Gasteiger partial charge < -0.3 is 10.3 Å². The number of fused-ring (bicyclic) bond motifs is 1. The van der Waals surface area contributed by atoms with E-state index in [0.29, 0.717) is 5.92 Å². The van der Waals surface area contributed by atoms with Gasteiger partial charge in [0, 0.05) is 28.6 Å². The van der Waals surface area contributed by atoms with Crippen molar-refractivity contribution in [3.8, 4) is 0 Å². The topological polar surface area (TPSA) is 30.9 Å². The molecule has 1 unspecified atom stereocenters. The van der Waals surface area contributed by atoms with Crippen LogP contribution in [0.4, 0.5) is 0 Å². The van der Waals surface area contributed by atoms with Crippen molar-refractivity contribution in [2.24, 2.45) is 12.8 Å². The third-order valence-corrected chi connectivity index (χ3v) is 3.77. The average molecular weight is 281 g/mol. The molecule has 2 N–H and O–H groups in total. The number of rotatable bonds is 3. The predicted molar refractivity (Wildman–Crippen MR) is 72.7 cm³/mol. The van der Waals surface area contributed by atoms with E-state index in [1.165, 1.54) is 16.5 Å². The van der Waals surface area contributed by atoms with Gasteiger partial charge in [-0.3, -0.25) is 0 Å². The van der Waals surface area contributed by atoms with E-state index in [4.69, 9.17) is 5.73 Å². The molecule has 1 aromatic carbocycles. The Balaban J connectivity index is 2.47. The van der Waals surface area contributed by atoms with Crippen LogP contribution >= 0.6 is 15.9 Å². The summed E-state index contributed by atoms with van der Waals surface area (Å²) in [6.45, 7) is 2.97. The molecule has 0 amide bonds. The van der Waals surface area contributed by atoms with Gasteiger partial charge in [-0.05, 0) is 52.5 Å². The van der Waals surface area contributed by atoms with Crippen LogP contribution in [0.15, 0.2) is 28.9 Å². The molecule has 1 heterocycles. The van der Waals surface area contributed by atoms with Gasteiger partial charge in [0.2, 0.25) is 0 Å². The van der Waals surface area contributed by atoms with Crippen LogP contribution in [0.2, 0.25) is 0 Å². The van der Waals surface area contributed by atoms with Crippen molar-refractivity contribution in [3.63, 3.8) is 0 Å². The fourth-order valence-electron chi connectivity index (χ4n) is 2.08. The lowest BCUT2D eigenvalue weighted by Crippen LogP contribution is -2.04. The first-order valence-electron chi connectivity index (χ1n) is 5.58. The van der Waals surface area contributed by atoms with E-state index in [9.17, 15) is 0 Å². The lowest BCUT2D eigenvalue weighted by Gasteiger charge is -2.10. The van der Waals surface area contributed by atoms with Gasteiger partial charge in [-0.15, -0.1) is 0 Å². The third-order valence-electron chi connectivity index (χ3n) is 3.13. The fourth-order valence-corrected chi connectivity index (χ4v) is 2.71. The number of hydrogen-bond acceptors (Lipinski definition) is 1. The molecular formula is C13H17BrN2. The Morgan fingerprint density at radius 1 is 1.44 bits per heavy atom. The van der Waals surface area contributed by atoms with Crippen LogP contribution in [0, 0.1) is 0 Å². The van der Waals surface area contributed by atoms with Crippen LogP contribution in [-0.2, 0) is 7.05 Å². The highest BCUT2D eigenvalue weighted by atomic mass is 79.9. The largest absolute Gasteiger partial charge is 0.349 e. The quantitative estimate of drug-likeness (QED) is 0.918. The first-order chi connectivity index (χ1) is 7.63. The molecule has 1 atom stereocenters. The molecule has 0 aliphatic carbocycles. The summed E-state index contributed by atoms with van der Waals surface area (Å²) >= 11 is 3.59. The van der Waals surface area contributed by atoms with Crippen molar-refractivity contribution in [1.82, 2.24) is 4.57 Å². The molecule has 0 aliphatic rings. The second kappa shape index (κ2) is 4.60. The maximum atomic E-state index is 5.60. The smallest absolute Gasteiger partial charge is 0.0489 e. The van der Waals surface area contributed by atoms with Crippen molar-refractivity contribution in [2.75, 3.05) is 6.54 Å². The number of nitrogens with two attached hydrogens (primary N) is 1. The number of aryl methyl sites for hydroxylation is 1. The molecule has 3 heteroatoms. The lowest BCUT2D eigenvalue weighted by molar-refractivity contribution is 0.691. The second-order valence-corrected chi connectivity index (χ2v) is 5.20. The second-order valence-electron chi connectivity index (χ2n) is 4.34. The zero-order valence-electron chi connectivity index (χ0n) is 9.70. The highest BCUT2D eigenvalue weighted by molar-refractivity contribution is 9.10. The summed E-state index contributed by atoms with van der Waals surface area (Å²) in [4.78, 5) is 0. The molecular weight excluding hydrogens is 264 g/mol. The SMILES string of the molecule is CC(CCN)c1ccc2c(c1)c(Br)cn2C. The van der Waals surface area contributed by atoms with Crippen LogP contribution in [0.5, 0.6) is 0 Å². The number of benzene rings is 1.